The predicted molar refractivity (Wildman–Crippen MR) is 53.1 cm³/mol. The van der Waals surface area contributed by atoms with Gasteiger partial charge in [0.2, 0.25) is 5.56 Å². The molecule has 0 aliphatic heterocycles. The van der Waals surface area contributed by atoms with Crippen LogP contribution in [0.5, 0.6) is 0 Å². The van der Waals surface area contributed by atoms with Gasteiger partial charge in [0, 0.05) is 18.3 Å². The van der Waals surface area contributed by atoms with Gasteiger partial charge in [0.15, 0.2) is 0 Å². The fourth-order valence-electron chi connectivity index (χ4n) is 0.937. The van der Waals surface area contributed by atoms with Crippen LogP contribution in [0.1, 0.15) is 5.56 Å². The number of pyridine rings is 1. The minimum absolute atomic E-state index is 0. The van der Waals surface area contributed by atoms with Crippen molar-refractivity contribution >= 4 is 12.4 Å². The zero-order chi connectivity index (χ0) is 8.97. The molecule has 0 aromatic carbocycles. The van der Waals surface area contributed by atoms with Gasteiger partial charge in [0.05, 0.1) is 6.61 Å². The summed E-state index contributed by atoms with van der Waals surface area (Å²) in [5.41, 5.74) is 6.30. The summed E-state index contributed by atoms with van der Waals surface area (Å²) in [7, 11) is 0. The summed E-state index contributed by atoms with van der Waals surface area (Å²) in [6.45, 7) is -0.0425. The first-order valence-corrected chi connectivity index (χ1v) is 3.76. The Morgan fingerprint density at radius 2 is 2.23 bits per heavy atom. The lowest BCUT2D eigenvalue weighted by molar-refractivity contribution is 0.265. The van der Waals surface area contributed by atoms with Crippen LogP contribution in [0.15, 0.2) is 23.1 Å². The largest absolute Gasteiger partial charge is 0.395 e. The molecule has 0 spiro atoms. The Kier molecular flexibility index (Phi) is 5.37. The van der Waals surface area contributed by atoms with Crippen molar-refractivity contribution in [1.29, 1.82) is 0 Å². The van der Waals surface area contributed by atoms with E-state index in [-0.39, 0.29) is 30.6 Å². The van der Waals surface area contributed by atoms with Crippen molar-refractivity contribution in [2.45, 2.75) is 12.5 Å². The Balaban J connectivity index is 0.00000144. The Morgan fingerprint density at radius 3 is 2.69 bits per heavy atom. The van der Waals surface area contributed by atoms with E-state index in [0.717, 1.165) is 5.56 Å². The van der Waals surface area contributed by atoms with Crippen LogP contribution in [0.3, 0.4) is 0 Å². The lowest BCUT2D eigenvalue weighted by Crippen LogP contribution is -2.27. The fraction of sp³-hybridized carbons (Fsp3) is 0.375. The van der Waals surface area contributed by atoms with Crippen LogP contribution >= 0.6 is 12.4 Å². The zero-order valence-electron chi connectivity index (χ0n) is 7.06. The third-order valence-corrected chi connectivity index (χ3v) is 1.58. The maximum Gasteiger partial charge on any atom is 0.247 e. The van der Waals surface area contributed by atoms with Crippen molar-refractivity contribution in [2.24, 2.45) is 5.73 Å². The van der Waals surface area contributed by atoms with E-state index < -0.39 is 0 Å². The summed E-state index contributed by atoms with van der Waals surface area (Å²) in [6, 6.07) is 2.89. The first-order valence-electron chi connectivity index (χ1n) is 3.76. The molecule has 4 nitrogen and oxygen atoms in total. The number of nitrogens with one attached hydrogen (secondary N) is 1. The van der Waals surface area contributed by atoms with E-state index in [1.54, 1.807) is 12.3 Å². The Morgan fingerprint density at radius 1 is 1.54 bits per heavy atom. The van der Waals surface area contributed by atoms with Crippen molar-refractivity contribution in [1.82, 2.24) is 4.98 Å². The number of hydrogen-bond acceptors (Lipinski definition) is 3. The van der Waals surface area contributed by atoms with Crippen LogP contribution < -0.4 is 11.3 Å². The third kappa shape index (κ3) is 4.07. The quantitative estimate of drug-likeness (QED) is 0.630. The Labute approximate surface area is 82.2 Å². The molecule has 0 aliphatic rings. The molecule has 74 valence electrons. The highest BCUT2D eigenvalue weighted by Gasteiger charge is 2.01. The first-order chi connectivity index (χ1) is 5.72. The lowest BCUT2D eigenvalue weighted by atomic mass is 10.1. The highest BCUT2D eigenvalue weighted by Crippen LogP contribution is 1.96. The number of nitrogens with two attached hydrogens (primary N) is 1. The third-order valence-electron chi connectivity index (χ3n) is 1.58. The molecule has 0 fully saturated rings. The average Bonchev–Trinajstić information content (AvgIpc) is 2.09. The highest BCUT2D eigenvalue weighted by atomic mass is 35.5. The number of aromatic nitrogens is 1. The Hall–Kier alpha value is -0.840. The number of halogens is 1. The van der Waals surface area contributed by atoms with Gasteiger partial charge < -0.3 is 15.8 Å². The molecule has 5 heteroatoms. The molecule has 1 aromatic heterocycles. The van der Waals surface area contributed by atoms with Crippen LogP contribution in [-0.4, -0.2) is 22.7 Å². The Bertz CT molecular complexity index is 280. The summed E-state index contributed by atoms with van der Waals surface area (Å²) < 4.78 is 0. The highest BCUT2D eigenvalue weighted by molar-refractivity contribution is 5.85. The van der Waals surface area contributed by atoms with E-state index >= 15 is 0 Å². The van der Waals surface area contributed by atoms with Crippen molar-refractivity contribution in [2.75, 3.05) is 6.61 Å². The minimum atomic E-state index is -0.254. The van der Waals surface area contributed by atoms with Gasteiger partial charge in [-0.05, 0) is 12.0 Å². The maximum atomic E-state index is 10.6. The molecule has 0 amide bonds. The van der Waals surface area contributed by atoms with Crippen LogP contribution in [0.4, 0.5) is 0 Å². The monoisotopic (exact) mass is 204 g/mol. The fourth-order valence-corrected chi connectivity index (χ4v) is 0.937. The summed E-state index contributed by atoms with van der Waals surface area (Å²) in [5.74, 6) is 0. The molecular formula is C8H13ClN2O2. The van der Waals surface area contributed by atoms with Gasteiger partial charge in [-0.15, -0.1) is 12.4 Å². The van der Waals surface area contributed by atoms with E-state index in [2.05, 4.69) is 4.98 Å². The molecule has 0 saturated carbocycles. The van der Waals surface area contributed by atoms with E-state index in [9.17, 15) is 4.79 Å². The molecule has 0 bridgehead atoms. The summed E-state index contributed by atoms with van der Waals surface area (Å²) >= 11 is 0. The molecule has 1 heterocycles. The minimum Gasteiger partial charge on any atom is -0.395 e. The van der Waals surface area contributed by atoms with E-state index in [1.807, 2.05) is 0 Å². The van der Waals surface area contributed by atoms with E-state index in [4.69, 9.17) is 10.8 Å². The summed E-state index contributed by atoms with van der Waals surface area (Å²) in [6.07, 6.45) is 2.19. The van der Waals surface area contributed by atoms with E-state index in [1.165, 1.54) is 6.07 Å². The second kappa shape index (κ2) is 5.75. The van der Waals surface area contributed by atoms with Gasteiger partial charge in [-0.2, -0.15) is 0 Å². The van der Waals surface area contributed by atoms with Crippen LogP contribution in [0, 0.1) is 0 Å². The first kappa shape index (κ1) is 12.2. The SMILES string of the molecule is Cl.NC(CO)Cc1ccc(=O)[nH]c1. The summed E-state index contributed by atoms with van der Waals surface area (Å²) in [4.78, 5) is 13.2. The maximum absolute atomic E-state index is 10.6. The summed E-state index contributed by atoms with van der Waals surface area (Å²) in [5, 5.41) is 8.65. The van der Waals surface area contributed by atoms with Crippen LogP contribution in [-0.2, 0) is 6.42 Å². The van der Waals surface area contributed by atoms with Gasteiger partial charge in [-0.3, -0.25) is 4.79 Å². The lowest BCUT2D eigenvalue weighted by Gasteiger charge is -2.06. The standard InChI is InChI=1S/C8H12N2O2.ClH/c9-7(5-11)3-6-1-2-8(12)10-4-6;/h1-2,4,7,11H,3,5,9H2,(H,10,12);1H. The van der Waals surface area contributed by atoms with Crippen LogP contribution in [0.25, 0.3) is 0 Å². The molecule has 4 N–H and O–H groups in total. The molecule has 0 saturated heterocycles. The van der Waals surface area contributed by atoms with Gasteiger partial charge in [-0.25, -0.2) is 0 Å². The molecule has 1 atom stereocenters. The molecular weight excluding hydrogens is 192 g/mol. The van der Waals surface area contributed by atoms with Crippen molar-refractivity contribution in [3.63, 3.8) is 0 Å². The molecule has 1 aromatic rings. The number of aromatic amines is 1. The number of hydrogen-bond donors (Lipinski definition) is 3. The molecule has 0 aliphatic carbocycles. The van der Waals surface area contributed by atoms with Crippen molar-refractivity contribution in [3.05, 3.63) is 34.2 Å². The van der Waals surface area contributed by atoms with Gasteiger partial charge in [0.1, 0.15) is 0 Å². The number of aliphatic hydroxyl groups is 1. The van der Waals surface area contributed by atoms with Crippen LogP contribution in [0.2, 0.25) is 0 Å². The number of H-pyrrole nitrogens is 1. The molecule has 13 heavy (non-hydrogen) atoms. The second-order valence-electron chi connectivity index (χ2n) is 2.71. The van der Waals surface area contributed by atoms with Gasteiger partial charge >= 0.3 is 0 Å². The topological polar surface area (TPSA) is 79.1 Å². The van der Waals surface area contributed by atoms with Crippen molar-refractivity contribution in [3.8, 4) is 0 Å². The van der Waals surface area contributed by atoms with Crippen molar-refractivity contribution < 1.29 is 5.11 Å². The molecule has 1 unspecified atom stereocenters. The van der Waals surface area contributed by atoms with Gasteiger partial charge in [-0.1, -0.05) is 6.07 Å². The normalized spacial score (nSPS) is 11.8. The zero-order valence-corrected chi connectivity index (χ0v) is 7.88. The molecule has 0 radical (unpaired) electrons. The number of rotatable bonds is 3. The predicted octanol–water partition coefficient (Wildman–Crippen LogP) is -0.341. The van der Waals surface area contributed by atoms with E-state index in [0.29, 0.717) is 6.42 Å². The van der Waals surface area contributed by atoms with Gasteiger partial charge in [0.25, 0.3) is 0 Å². The number of aliphatic hydroxyl groups excluding tert-OH is 1. The smallest absolute Gasteiger partial charge is 0.247 e. The average molecular weight is 205 g/mol. The molecule has 1 rings (SSSR count). The second-order valence-corrected chi connectivity index (χ2v) is 2.71.